The molecule has 0 saturated heterocycles. The summed E-state index contributed by atoms with van der Waals surface area (Å²) < 4.78 is 3.66. The van der Waals surface area contributed by atoms with Gasteiger partial charge in [0, 0.05) is 17.6 Å². The van der Waals surface area contributed by atoms with Gasteiger partial charge in [-0.2, -0.15) is 0 Å². The Bertz CT molecular complexity index is 476. The van der Waals surface area contributed by atoms with Crippen LogP contribution in [0.25, 0.3) is 0 Å². The minimum absolute atomic E-state index is 0.0605. The SMILES string of the molecule is Clc1c(Cl)c(Cl)c(COSC(Cl)(Cl)C(Cl)Cl)c(Cl)c1Cl. The Morgan fingerprint density at radius 3 is 1.65 bits per heavy atom. The van der Waals surface area contributed by atoms with Gasteiger partial charge in [0.15, 0.2) is 4.84 Å². The predicted molar refractivity (Wildman–Crippen MR) is 93.8 cm³/mol. The number of alkyl halides is 4. The van der Waals surface area contributed by atoms with Gasteiger partial charge in [0.05, 0.1) is 31.7 Å². The number of halogens is 9. The van der Waals surface area contributed by atoms with Crippen LogP contribution in [0.15, 0.2) is 0 Å². The van der Waals surface area contributed by atoms with Crippen molar-refractivity contribution in [3.8, 4) is 0 Å². The van der Waals surface area contributed by atoms with E-state index in [9.17, 15) is 0 Å². The van der Waals surface area contributed by atoms with Gasteiger partial charge in [-0.25, -0.2) is 0 Å². The van der Waals surface area contributed by atoms with Crippen molar-refractivity contribution in [2.75, 3.05) is 0 Å². The van der Waals surface area contributed by atoms with Gasteiger partial charge in [0.1, 0.15) is 0 Å². The van der Waals surface area contributed by atoms with Crippen LogP contribution < -0.4 is 0 Å². The summed E-state index contributed by atoms with van der Waals surface area (Å²) in [5.41, 5.74) is 0.338. The number of benzene rings is 1. The Labute approximate surface area is 165 Å². The summed E-state index contributed by atoms with van der Waals surface area (Å²) in [5.74, 6) is 0. The smallest absolute Gasteiger partial charge is 0.218 e. The Hall–Kier alpha value is 2.14. The largest absolute Gasteiger partial charge is 0.307 e. The van der Waals surface area contributed by atoms with Crippen LogP contribution >= 0.6 is 116 Å². The molecule has 0 bridgehead atoms. The molecule has 0 aliphatic carbocycles. The van der Waals surface area contributed by atoms with E-state index in [4.69, 9.17) is 109 Å². The van der Waals surface area contributed by atoms with Gasteiger partial charge in [-0.05, 0) is 0 Å². The molecule has 0 aromatic heterocycles. The maximum absolute atomic E-state index is 6.02. The number of hydrogen-bond acceptors (Lipinski definition) is 2. The lowest BCUT2D eigenvalue weighted by Gasteiger charge is -2.19. The van der Waals surface area contributed by atoms with Crippen LogP contribution in [0.2, 0.25) is 25.1 Å². The summed E-state index contributed by atoms with van der Waals surface area (Å²) in [4.78, 5) is -1.07. The minimum atomic E-state index is -1.55. The first-order valence-electron chi connectivity index (χ1n) is 4.56. The quantitative estimate of drug-likeness (QED) is 0.183. The fraction of sp³-hybridized carbons (Fsp3) is 0.333. The average molecular weight is 478 g/mol. The van der Waals surface area contributed by atoms with E-state index in [-0.39, 0.29) is 31.7 Å². The van der Waals surface area contributed by atoms with E-state index in [1.807, 2.05) is 0 Å². The molecule has 0 fully saturated rings. The highest BCUT2D eigenvalue weighted by Gasteiger charge is 2.34. The third-order valence-electron chi connectivity index (χ3n) is 1.93. The summed E-state index contributed by atoms with van der Waals surface area (Å²) in [6.07, 6.45) is 0. The third-order valence-corrected chi connectivity index (χ3v) is 7.15. The summed E-state index contributed by atoms with van der Waals surface area (Å²) >= 11 is 53.1. The second-order valence-electron chi connectivity index (χ2n) is 3.26. The van der Waals surface area contributed by atoms with Gasteiger partial charge >= 0.3 is 0 Å². The molecule has 0 spiro atoms. The average Bonchev–Trinajstić information content (AvgIpc) is 2.38. The lowest BCUT2D eigenvalue weighted by atomic mass is 10.2. The zero-order valence-electron chi connectivity index (χ0n) is 9.00. The Morgan fingerprint density at radius 2 is 1.25 bits per heavy atom. The van der Waals surface area contributed by atoms with E-state index in [1.54, 1.807) is 0 Å². The molecule has 20 heavy (non-hydrogen) atoms. The molecule has 11 heteroatoms. The van der Waals surface area contributed by atoms with E-state index in [0.29, 0.717) is 17.6 Å². The van der Waals surface area contributed by atoms with Crippen molar-refractivity contribution in [1.29, 1.82) is 0 Å². The van der Waals surface area contributed by atoms with Crippen molar-refractivity contribution in [3.63, 3.8) is 0 Å². The maximum atomic E-state index is 6.02. The van der Waals surface area contributed by atoms with E-state index in [1.165, 1.54) is 0 Å². The van der Waals surface area contributed by atoms with Gasteiger partial charge in [-0.3, -0.25) is 0 Å². The molecule has 0 radical (unpaired) electrons. The van der Waals surface area contributed by atoms with Crippen molar-refractivity contribution in [1.82, 2.24) is 0 Å². The molecule has 0 N–H and O–H groups in total. The van der Waals surface area contributed by atoms with Crippen molar-refractivity contribution in [3.05, 3.63) is 30.7 Å². The highest BCUT2D eigenvalue weighted by Crippen LogP contribution is 2.46. The highest BCUT2D eigenvalue weighted by molar-refractivity contribution is 7.99. The standard InChI is InChI=1S/C9H3Cl9OS/c10-3-2(1-19-20-9(17,18)8(15)16)4(11)6(13)7(14)5(3)12/h8H,1H2. The van der Waals surface area contributed by atoms with Gasteiger partial charge in [-0.1, -0.05) is 81.2 Å². The monoisotopic (exact) mass is 474 g/mol. The molecular formula is C9H3Cl9OS. The topological polar surface area (TPSA) is 9.23 Å². The van der Waals surface area contributed by atoms with E-state index < -0.39 is 8.50 Å². The predicted octanol–water partition coefficient (Wildman–Crippen LogP) is 8.05. The van der Waals surface area contributed by atoms with Gasteiger partial charge in [0.25, 0.3) is 0 Å². The van der Waals surface area contributed by atoms with Gasteiger partial charge in [0.2, 0.25) is 3.67 Å². The molecule has 1 aromatic rings. The minimum Gasteiger partial charge on any atom is -0.307 e. The summed E-state index contributed by atoms with van der Waals surface area (Å²) in [5, 5.41) is 0.443. The van der Waals surface area contributed by atoms with Crippen molar-refractivity contribution < 1.29 is 4.18 Å². The first-order valence-corrected chi connectivity index (χ1v) is 8.82. The van der Waals surface area contributed by atoms with Crippen molar-refractivity contribution in [2.24, 2.45) is 0 Å². The molecule has 0 unspecified atom stereocenters. The number of rotatable bonds is 5. The molecule has 0 aliphatic rings. The molecule has 1 aromatic carbocycles. The van der Waals surface area contributed by atoms with Gasteiger partial charge in [-0.15, -0.1) is 23.2 Å². The Morgan fingerprint density at radius 1 is 0.850 bits per heavy atom. The molecule has 1 rings (SSSR count). The molecular weight excluding hydrogens is 475 g/mol. The van der Waals surface area contributed by atoms with Crippen LogP contribution in [0.1, 0.15) is 5.56 Å². The fourth-order valence-corrected chi connectivity index (χ4v) is 3.16. The zero-order chi connectivity index (χ0) is 15.7. The van der Waals surface area contributed by atoms with Crippen LogP contribution in [0.4, 0.5) is 0 Å². The van der Waals surface area contributed by atoms with E-state index >= 15 is 0 Å². The lowest BCUT2D eigenvalue weighted by molar-refractivity contribution is 0.362. The maximum Gasteiger partial charge on any atom is 0.218 e. The van der Waals surface area contributed by atoms with Gasteiger partial charge < -0.3 is 4.18 Å². The Kier molecular flexibility index (Phi) is 8.38. The normalized spacial score (nSPS) is 12.3. The summed E-state index contributed by atoms with van der Waals surface area (Å²) in [7, 11) is 0. The lowest BCUT2D eigenvalue weighted by Crippen LogP contribution is -2.17. The fourth-order valence-electron chi connectivity index (χ4n) is 0.980. The first kappa shape index (κ1) is 20.2. The van der Waals surface area contributed by atoms with Crippen LogP contribution in [0, 0.1) is 0 Å². The number of hydrogen-bond donors (Lipinski definition) is 0. The molecule has 0 atom stereocenters. The Balaban J connectivity index is 2.90. The molecule has 0 aliphatic heterocycles. The zero-order valence-corrected chi connectivity index (χ0v) is 16.6. The third kappa shape index (κ3) is 4.82. The summed E-state index contributed by atoms with van der Waals surface area (Å²) in [6.45, 7) is -0.0827. The van der Waals surface area contributed by atoms with Crippen molar-refractivity contribution >= 4 is 116 Å². The van der Waals surface area contributed by atoms with Crippen LogP contribution in [0.5, 0.6) is 0 Å². The van der Waals surface area contributed by atoms with Crippen LogP contribution in [0.3, 0.4) is 0 Å². The second-order valence-corrected chi connectivity index (χ2v) is 9.12. The van der Waals surface area contributed by atoms with E-state index in [0.717, 1.165) is 0 Å². The van der Waals surface area contributed by atoms with E-state index in [2.05, 4.69) is 0 Å². The molecule has 0 amide bonds. The first-order chi connectivity index (χ1) is 9.09. The molecule has 0 heterocycles. The highest BCUT2D eigenvalue weighted by atomic mass is 35.5. The molecule has 0 saturated carbocycles. The summed E-state index contributed by atoms with van der Waals surface area (Å²) in [6, 6.07) is 0. The molecule has 114 valence electrons. The van der Waals surface area contributed by atoms with Crippen LogP contribution in [-0.2, 0) is 10.8 Å². The second kappa shape index (κ2) is 8.30. The van der Waals surface area contributed by atoms with Crippen LogP contribution in [-0.4, -0.2) is 8.50 Å². The molecule has 1 nitrogen and oxygen atoms in total. The van der Waals surface area contributed by atoms with Crippen molar-refractivity contribution in [2.45, 2.75) is 15.1 Å².